The van der Waals surface area contributed by atoms with Crippen molar-refractivity contribution in [1.29, 1.82) is 0 Å². The molecule has 2 aromatic rings. The van der Waals surface area contributed by atoms with Gasteiger partial charge in [-0.3, -0.25) is 9.09 Å². The molecule has 0 saturated carbocycles. The number of imidazole rings is 1. The third-order valence-corrected chi connectivity index (χ3v) is 7.62. The fourth-order valence-electron chi connectivity index (χ4n) is 2.62. The van der Waals surface area contributed by atoms with E-state index in [4.69, 9.17) is 25.2 Å². The zero-order valence-corrected chi connectivity index (χ0v) is 23.6. The number of aliphatic hydroxyl groups excluding tert-OH is 2. The van der Waals surface area contributed by atoms with Gasteiger partial charge in [-0.1, -0.05) is 0 Å². The van der Waals surface area contributed by atoms with Crippen LogP contribution in [-0.2, 0) is 31.6 Å². The van der Waals surface area contributed by atoms with Crippen molar-refractivity contribution in [2.24, 2.45) is 0 Å². The smallest absolute Gasteiger partial charge is 0.387 e. The number of fused-ring (bicyclic) bond motifs is 1. The zero-order valence-electron chi connectivity index (χ0n) is 16.9. The quantitative estimate of drug-likeness (QED) is 0.118. The van der Waals surface area contributed by atoms with E-state index in [0.29, 0.717) is 0 Å². The molecule has 23 heteroatoms. The van der Waals surface area contributed by atoms with Gasteiger partial charge in [0.1, 0.15) is 30.2 Å². The van der Waals surface area contributed by atoms with Crippen LogP contribution in [0.1, 0.15) is 6.23 Å². The van der Waals surface area contributed by atoms with Gasteiger partial charge in [0.25, 0.3) is 0 Å². The van der Waals surface area contributed by atoms with Crippen molar-refractivity contribution >= 4 is 40.4 Å². The fraction of sp³-hybridized carbons (Fsp3) is 0.500. The molecule has 174 valence electrons. The summed E-state index contributed by atoms with van der Waals surface area (Å²) >= 11 is 0. The van der Waals surface area contributed by atoms with Crippen molar-refractivity contribution in [3.05, 3.63) is 12.7 Å². The molecule has 2 aromatic heterocycles. The summed E-state index contributed by atoms with van der Waals surface area (Å²) in [6.07, 6.45) is -3.69. The van der Waals surface area contributed by atoms with Crippen molar-refractivity contribution in [2.75, 3.05) is 12.3 Å². The SMILES string of the molecule is Nc1ncnc2c1ncn2[C@@H]1O[C@H](COP(=O)(O)OP(=O)(O)OP(=O)(O)O)[C@@H](O)[C@H]1O.[Na+].[Na+]. The Balaban J connectivity index is 0.00000272. The van der Waals surface area contributed by atoms with Crippen LogP contribution in [0.15, 0.2) is 12.7 Å². The predicted octanol–water partition coefficient (Wildman–Crippen LogP) is -7.62. The van der Waals surface area contributed by atoms with Gasteiger partial charge in [-0.2, -0.15) is 8.62 Å². The van der Waals surface area contributed by atoms with Crippen LogP contribution in [-0.4, -0.2) is 74.2 Å². The van der Waals surface area contributed by atoms with Gasteiger partial charge in [0, 0.05) is 0 Å². The van der Waals surface area contributed by atoms with Crippen LogP contribution in [0.5, 0.6) is 0 Å². The van der Waals surface area contributed by atoms with Gasteiger partial charge in [0.05, 0.1) is 12.9 Å². The Hall–Kier alpha value is 0.640. The predicted molar refractivity (Wildman–Crippen MR) is 95.5 cm³/mol. The maximum absolute atomic E-state index is 11.8. The average Bonchev–Trinajstić information content (AvgIpc) is 3.13. The summed E-state index contributed by atoms with van der Waals surface area (Å²) in [5, 5.41) is 20.4. The average molecular weight is 553 g/mol. The number of anilines is 1. The number of rotatable bonds is 8. The van der Waals surface area contributed by atoms with E-state index in [-0.39, 0.29) is 76.1 Å². The maximum Gasteiger partial charge on any atom is 1.00 e. The van der Waals surface area contributed by atoms with Gasteiger partial charge in [0.2, 0.25) is 0 Å². The molecule has 0 aromatic carbocycles. The van der Waals surface area contributed by atoms with Crippen LogP contribution in [0, 0.1) is 0 Å². The number of nitrogens with zero attached hydrogens (tertiary/aromatic N) is 4. The van der Waals surface area contributed by atoms with Crippen molar-refractivity contribution in [1.82, 2.24) is 19.5 Å². The molecule has 1 saturated heterocycles. The van der Waals surface area contributed by atoms with Gasteiger partial charge in [-0.15, -0.1) is 0 Å². The first-order valence-electron chi connectivity index (χ1n) is 7.92. The van der Waals surface area contributed by atoms with Crippen LogP contribution in [0.3, 0.4) is 0 Å². The monoisotopic (exact) mass is 553 g/mol. The number of nitrogen functional groups attached to an aromatic ring is 1. The van der Waals surface area contributed by atoms with Gasteiger partial charge < -0.3 is 40.3 Å². The Labute approximate surface area is 228 Å². The van der Waals surface area contributed by atoms with E-state index in [1.165, 1.54) is 10.9 Å². The van der Waals surface area contributed by atoms with Gasteiger partial charge >= 0.3 is 82.6 Å². The van der Waals surface area contributed by atoms with Crippen molar-refractivity contribution in [2.45, 2.75) is 24.5 Å². The summed E-state index contributed by atoms with van der Waals surface area (Å²) < 4.78 is 51.9. The molecule has 1 fully saturated rings. The summed E-state index contributed by atoms with van der Waals surface area (Å²) in [6, 6.07) is 0. The van der Waals surface area contributed by atoms with Gasteiger partial charge in [0.15, 0.2) is 17.7 Å². The first kappa shape index (κ1) is 31.7. The first-order chi connectivity index (χ1) is 14.2. The molecule has 0 spiro atoms. The molecule has 2 unspecified atom stereocenters. The molecule has 0 radical (unpaired) electrons. The van der Waals surface area contributed by atoms with Crippen LogP contribution in [0.25, 0.3) is 11.2 Å². The Bertz CT molecular complexity index is 1120. The largest absolute Gasteiger partial charge is 1.00 e. The first-order valence-corrected chi connectivity index (χ1v) is 12.4. The summed E-state index contributed by atoms with van der Waals surface area (Å²) in [5.74, 6) is 0.0426. The van der Waals surface area contributed by atoms with Crippen molar-refractivity contribution in [3.63, 3.8) is 0 Å². The van der Waals surface area contributed by atoms with E-state index in [9.17, 15) is 28.8 Å². The summed E-state index contributed by atoms with van der Waals surface area (Å²) in [6.45, 7) is -0.956. The normalized spacial score (nSPS) is 26.7. The Kier molecular flexibility index (Phi) is 11.3. The minimum absolute atomic E-state index is 0. The molecular weight excluding hydrogens is 537 g/mol. The van der Waals surface area contributed by atoms with E-state index in [1.807, 2.05) is 0 Å². The van der Waals surface area contributed by atoms with Gasteiger partial charge in [-0.25, -0.2) is 28.6 Å². The third-order valence-electron chi connectivity index (χ3n) is 3.82. The van der Waals surface area contributed by atoms with E-state index in [1.54, 1.807) is 0 Å². The number of ether oxygens (including phenoxy) is 1. The van der Waals surface area contributed by atoms with Gasteiger partial charge in [-0.05, 0) is 0 Å². The standard InChI is InChI=1S/C10H16N5O13P3.2Na/c11-8-5-9(13-2-12-8)15(3-14-5)10-7(17)6(16)4(26-10)1-25-30(21,22)28-31(23,24)27-29(18,19)20;;/h2-4,6-7,10,16-17H,1H2,(H,21,22)(H,23,24)(H2,11,12,13)(H2,18,19,20);;/q;2*+1/t4-,6-,7-,10-;;/m1../s1. The van der Waals surface area contributed by atoms with Crippen molar-refractivity contribution < 1.29 is 120 Å². The topological polar surface area (TPSA) is 279 Å². The molecule has 8 N–H and O–H groups in total. The van der Waals surface area contributed by atoms with Crippen molar-refractivity contribution in [3.8, 4) is 0 Å². The van der Waals surface area contributed by atoms with Crippen LogP contribution in [0.4, 0.5) is 5.82 Å². The second-order valence-electron chi connectivity index (χ2n) is 6.02. The zero-order chi connectivity index (χ0) is 23.2. The summed E-state index contributed by atoms with van der Waals surface area (Å²) in [4.78, 5) is 47.2. The minimum Gasteiger partial charge on any atom is -0.387 e. The second-order valence-corrected chi connectivity index (χ2v) is 10.4. The number of hydrogen-bond donors (Lipinski definition) is 7. The molecule has 0 bridgehead atoms. The molecule has 6 atom stereocenters. The van der Waals surface area contributed by atoms with Crippen LogP contribution < -0.4 is 64.8 Å². The Morgan fingerprint density at radius 1 is 1.00 bits per heavy atom. The molecule has 3 rings (SSSR count). The fourth-order valence-corrected chi connectivity index (χ4v) is 5.65. The number of phosphoric acid groups is 3. The molecule has 18 nitrogen and oxygen atoms in total. The van der Waals surface area contributed by atoms with E-state index in [2.05, 4.69) is 28.1 Å². The summed E-state index contributed by atoms with van der Waals surface area (Å²) in [5.41, 5.74) is 6.00. The van der Waals surface area contributed by atoms with E-state index in [0.717, 1.165) is 6.33 Å². The Morgan fingerprint density at radius 2 is 1.64 bits per heavy atom. The second kappa shape index (κ2) is 11.8. The molecule has 1 aliphatic heterocycles. The molecule has 0 amide bonds. The number of phosphoric ester groups is 1. The molecule has 0 aliphatic carbocycles. The number of aliphatic hydroxyl groups is 2. The summed E-state index contributed by atoms with van der Waals surface area (Å²) in [7, 11) is -16.7. The number of hydrogen-bond acceptors (Lipinski definition) is 13. The molecular formula is C10H16N5Na2O13P3+2. The Morgan fingerprint density at radius 3 is 2.24 bits per heavy atom. The van der Waals surface area contributed by atoms with E-state index < -0.39 is 54.6 Å². The molecule has 33 heavy (non-hydrogen) atoms. The molecule has 3 heterocycles. The third kappa shape index (κ3) is 8.06. The number of nitrogens with two attached hydrogens (primary N) is 1. The minimum atomic E-state index is -5.70. The van der Waals surface area contributed by atoms with Crippen LogP contribution >= 0.6 is 23.5 Å². The number of aromatic nitrogens is 4. The maximum atomic E-state index is 11.8. The van der Waals surface area contributed by atoms with Crippen LogP contribution in [0.2, 0.25) is 0 Å². The van der Waals surface area contributed by atoms with E-state index >= 15 is 0 Å². The molecule has 1 aliphatic rings.